The molecule has 2 aliphatic rings. The van der Waals surface area contributed by atoms with Crippen LogP contribution in [-0.4, -0.2) is 61.1 Å². The van der Waals surface area contributed by atoms with Gasteiger partial charge in [0.25, 0.3) is 0 Å². The monoisotopic (exact) mass is 266 g/mol. The Labute approximate surface area is 116 Å². The molecule has 0 radical (unpaired) electrons. The lowest BCUT2D eigenvalue weighted by molar-refractivity contribution is -0.144. The number of amides is 1. The maximum absolute atomic E-state index is 12.2. The fourth-order valence-corrected chi connectivity index (χ4v) is 3.46. The van der Waals surface area contributed by atoms with Crippen molar-refractivity contribution in [3.63, 3.8) is 0 Å². The van der Waals surface area contributed by atoms with Crippen molar-refractivity contribution in [1.29, 1.82) is 0 Å². The van der Waals surface area contributed by atoms with Gasteiger partial charge in [0.1, 0.15) is 0 Å². The van der Waals surface area contributed by atoms with E-state index in [0.717, 1.165) is 51.9 Å². The minimum atomic E-state index is 0.104. The van der Waals surface area contributed by atoms with Crippen LogP contribution in [0, 0.1) is 0 Å². The number of methoxy groups -OCH3 is 1. The van der Waals surface area contributed by atoms with Gasteiger partial charge in [-0.15, -0.1) is 6.58 Å². The molecule has 1 spiro atoms. The van der Waals surface area contributed by atoms with Crippen molar-refractivity contribution in [2.75, 3.05) is 39.9 Å². The highest BCUT2D eigenvalue weighted by atomic mass is 16.5. The van der Waals surface area contributed by atoms with E-state index >= 15 is 0 Å². The average Bonchev–Trinajstić information content (AvgIpc) is 2.43. The Morgan fingerprint density at radius 3 is 2.74 bits per heavy atom. The fourth-order valence-electron chi connectivity index (χ4n) is 3.46. The van der Waals surface area contributed by atoms with Crippen molar-refractivity contribution >= 4 is 5.91 Å². The first-order valence-corrected chi connectivity index (χ1v) is 7.34. The first kappa shape index (κ1) is 14.5. The first-order valence-electron chi connectivity index (χ1n) is 7.34. The number of rotatable bonds is 5. The number of ether oxygens (including phenoxy) is 1. The number of piperidine rings is 2. The Balaban J connectivity index is 1.98. The third-order valence-electron chi connectivity index (χ3n) is 4.62. The van der Waals surface area contributed by atoms with Crippen LogP contribution in [-0.2, 0) is 9.53 Å². The van der Waals surface area contributed by atoms with Crippen LogP contribution in [0.2, 0.25) is 0 Å². The molecule has 0 N–H and O–H groups in total. The predicted molar refractivity (Wildman–Crippen MR) is 76.0 cm³/mol. The number of hydrogen-bond donors (Lipinski definition) is 0. The normalized spacial score (nSPS) is 23.8. The van der Waals surface area contributed by atoms with Crippen LogP contribution in [0.5, 0.6) is 0 Å². The van der Waals surface area contributed by atoms with Crippen molar-refractivity contribution in [1.82, 2.24) is 9.80 Å². The molecule has 2 rings (SSSR count). The van der Waals surface area contributed by atoms with Crippen molar-refractivity contribution in [3.05, 3.63) is 12.7 Å². The van der Waals surface area contributed by atoms with E-state index in [-0.39, 0.29) is 5.54 Å². The van der Waals surface area contributed by atoms with Gasteiger partial charge in [-0.3, -0.25) is 4.79 Å². The van der Waals surface area contributed by atoms with Crippen molar-refractivity contribution in [2.24, 2.45) is 0 Å². The lowest BCUT2D eigenvalue weighted by Crippen LogP contribution is -2.59. The molecule has 0 aromatic heterocycles. The van der Waals surface area contributed by atoms with Crippen LogP contribution in [0.25, 0.3) is 0 Å². The largest absolute Gasteiger partial charge is 0.383 e. The Morgan fingerprint density at radius 2 is 2.11 bits per heavy atom. The maximum Gasteiger partial charge on any atom is 0.223 e. The Bertz CT molecular complexity index is 322. The molecule has 1 amide bonds. The van der Waals surface area contributed by atoms with Crippen LogP contribution >= 0.6 is 0 Å². The molecular formula is C15H26N2O2. The van der Waals surface area contributed by atoms with Crippen molar-refractivity contribution in [2.45, 2.75) is 37.6 Å². The van der Waals surface area contributed by atoms with E-state index < -0.39 is 0 Å². The van der Waals surface area contributed by atoms with E-state index in [0.29, 0.717) is 18.9 Å². The number of carbonyl (C=O) groups excluding carboxylic acids is 1. The van der Waals surface area contributed by atoms with E-state index in [4.69, 9.17) is 4.74 Å². The molecule has 2 heterocycles. The molecule has 19 heavy (non-hydrogen) atoms. The lowest BCUT2D eigenvalue weighted by atomic mass is 9.78. The molecule has 0 aromatic rings. The van der Waals surface area contributed by atoms with Crippen LogP contribution < -0.4 is 0 Å². The Kier molecular flexibility index (Phi) is 4.99. The van der Waals surface area contributed by atoms with Crippen LogP contribution in [0.15, 0.2) is 12.7 Å². The summed E-state index contributed by atoms with van der Waals surface area (Å²) in [6, 6.07) is 0. The van der Waals surface area contributed by atoms with E-state index in [9.17, 15) is 4.79 Å². The van der Waals surface area contributed by atoms with Crippen molar-refractivity contribution < 1.29 is 9.53 Å². The van der Waals surface area contributed by atoms with Crippen LogP contribution in [0.3, 0.4) is 0 Å². The summed E-state index contributed by atoms with van der Waals surface area (Å²) >= 11 is 0. The second-order valence-electron chi connectivity index (χ2n) is 5.71. The quantitative estimate of drug-likeness (QED) is 0.710. The Morgan fingerprint density at radius 1 is 1.37 bits per heavy atom. The van der Waals surface area contributed by atoms with Gasteiger partial charge in [0, 0.05) is 45.2 Å². The number of hydrogen-bond acceptors (Lipinski definition) is 3. The van der Waals surface area contributed by atoms with Gasteiger partial charge >= 0.3 is 0 Å². The Hall–Kier alpha value is -0.870. The summed E-state index contributed by atoms with van der Waals surface area (Å²) in [4.78, 5) is 16.7. The minimum absolute atomic E-state index is 0.104. The molecule has 2 aliphatic heterocycles. The van der Waals surface area contributed by atoms with E-state index in [1.165, 1.54) is 0 Å². The summed E-state index contributed by atoms with van der Waals surface area (Å²) in [7, 11) is 1.75. The molecule has 0 aliphatic carbocycles. The minimum Gasteiger partial charge on any atom is -0.383 e. The van der Waals surface area contributed by atoms with Gasteiger partial charge < -0.3 is 14.5 Å². The molecule has 4 nitrogen and oxygen atoms in total. The zero-order chi connectivity index (χ0) is 13.7. The second-order valence-corrected chi connectivity index (χ2v) is 5.71. The van der Waals surface area contributed by atoms with E-state index in [1.54, 1.807) is 7.11 Å². The third kappa shape index (κ3) is 3.18. The van der Waals surface area contributed by atoms with Gasteiger partial charge in [-0.2, -0.15) is 0 Å². The molecule has 4 heteroatoms. The highest BCUT2D eigenvalue weighted by molar-refractivity contribution is 5.78. The predicted octanol–water partition coefficient (Wildman–Crippen LogP) is 1.67. The molecule has 0 bridgehead atoms. The van der Waals surface area contributed by atoms with Gasteiger partial charge in [0.15, 0.2) is 0 Å². The molecule has 2 saturated heterocycles. The molecule has 0 unspecified atom stereocenters. The second kappa shape index (κ2) is 6.53. The van der Waals surface area contributed by atoms with Gasteiger partial charge in [0.2, 0.25) is 5.91 Å². The molecule has 108 valence electrons. The summed E-state index contributed by atoms with van der Waals surface area (Å²) in [6.07, 6.45) is 6.97. The third-order valence-corrected chi connectivity index (χ3v) is 4.62. The van der Waals surface area contributed by atoms with Crippen LogP contribution in [0.4, 0.5) is 0 Å². The van der Waals surface area contributed by atoms with Gasteiger partial charge in [-0.05, 0) is 25.7 Å². The van der Waals surface area contributed by atoms with Gasteiger partial charge in [-0.1, -0.05) is 6.08 Å². The average molecular weight is 266 g/mol. The van der Waals surface area contributed by atoms with Gasteiger partial charge in [-0.25, -0.2) is 0 Å². The zero-order valence-electron chi connectivity index (χ0n) is 12.1. The molecule has 0 atom stereocenters. The first-order chi connectivity index (χ1) is 9.22. The van der Waals surface area contributed by atoms with Gasteiger partial charge in [0.05, 0.1) is 6.61 Å². The number of likely N-dealkylation sites (tertiary alicyclic amines) is 2. The summed E-state index contributed by atoms with van der Waals surface area (Å²) in [5.74, 6) is 0.316. The van der Waals surface area contributed by atoms with E-state index in [2.05, 4.69) is 16.4 Å². The van der Waals surface area contributed by atoms with E-state index in [1.807, 2.05) is 6.08 Å². The standard InChI is InChI=1S/C15H26N2O2/c1-3-9-17-14(18)5-4-6-15(17)7-10-16(11-8-15)12-13-19-2/h3H,1,4-13H2,2H3. The van der Waals surface area contributed by atoms with Crippen molar-refractivity contribution in [3.8, 4) is 0 Å². The summed E-state index contributed by atoms with van der Waals surface area (Å²) in [5.41, 5.74) is 0.104. The maximum atomic E-state index is 12.2. The molecule has 0 saturated carbocycles. The molecular weight excluding hydrogens is 240 g/mol. The zero-order valence-corrected chi connectivity index (χ0v) is 12.1. The number of nitrogens with zero attached hydrogens (tertiary/aromatic N) is 2. The summed E-state index contributed by atoms with van der Waals surface area (Å²) in [6.45, 7) is 8.45. The number of carbonyl (C=O) groups is 1. The topological polar surface area (TPSA) is 32.8 Å². The summed E-state index contributed by atoms with van der Waals surface area (Å²) in [5, 5.41) is 0. The smallest absolute Gasteiger partial charge is 0.223 e. The van der Waals surface area contributed by atoms with Crippen LogP contribution in [0.1, 0.15) is 32.1 Å². The highest BCUT2D eigenvalue weighted by Crippen LogP contribution is 2.37. The molecule has 2 fully saturated rings. The highest BCUT2D eigenvalue weighted by Gasteiger charge is 2.43. The summed E-state index contributed by atoms with van der Waals surface area (Å²) < 4.78 is 5.14. The fraction of sp³-hybridized carbons (Fsp3) is 0.800. The SMILES string of the molecule is C=CCN1C(=O)CCCC12CCN(CCOC)CC2. The molecule has 0 aromatic carbocycles. The lowest BCUT2D eigenvalue weighted by Gasteiger charge is -2.51.